The van der Waals surface area contributed by atoms with Gasteiger partial charge in [-0.05, 0) is 42.2 Å². The lowest BCUT2D eigenvalue weighted by molar-refractivity contribution is -0.193. The number of aromatic nitrogens is 2. The van der Waals surface area contributed by atoms with E-state index in [0.717, 1.165) is 44.5 Å². The first-order valence-electron chi connectivity index (χ1n) is 12.8. The van der Waals surface area contributed by atoms with Gasteiger partial charge >= 0.3 is 36.4 Å². The van der Waals surface area contributed by atoms with Crippen LogP contribution in [0.25, 0.3) is 0 Å². The fourth-order valence-electron chi connectivity index (χ4n) is 3.82. The average Bonchev–Trinajstić information content (AvgIpc) is 3.36. The van der Waals surface area contributed by atoms with Crippen LogP contribution in [0.3, 0.4) is 0 Å². The number of alkyl halides is 9. The summed E-state index contributed by atoms with van der Waals surface area (Å²) >= 11 is 0. The molecule has 3 N–H and O–H groups in total. The Morgan fingerprint density at radius 2 is 1.28 bits per heavy atom. The molecule has 0 bridgehead atoms. The molecule has 1 atom stereocenters. The van der Waals surface area contributed by atoms with Gasteiger partial charge in [0.2, 0.25) is 0 Å². The molecule has 20 heteroatoms. The predicted molar refractivity (Wildman–Crippen MR) is 136 cm³/mol. The van der Waals surface area contributed by atoms with Crippen molar-refractivity contribution >= 4 is 17.9 Å². The number of rotatable bonds is 5. The molecule has 4 heterocycles. The van der Waals surface area contributed by atoms with Gasteiger partial charge in [-0.2, -0.15) is 39.5 Å². The van der Waals surface area contributed by atoms with Crippen molar-refractivity contribution in [3.63, 3.8) is 0 Å². The Morgan fingerprint density at radius 3 is 1.70 bits per heavy atom. The van der Waals surface area contributed by atoms with Crippen LogP contribution in [0.1, 0.15) is 30.4 Å². The summed E-state index contributed by atoms with van der Waals surface area (Å²) in [6.45, 7) is 4.49. The second-order valence-corrected chi connectivity index (χ2v) is 9.53. The molecule has 258 valence electrons. The number of ether oxygens (including phenoxy) is 2. The van der Waals surface area contributed by atoms with Crippen LogP contribution in [0, 0.1) is 0 Å². The lowest BCUT2D eigenvalue weighted by atomic mass is 9.88. The van der Waals surface area contributed by atoms with Gasteiger partial charge in [-0.3, -0.25) is 14.9 Å². The van der Waals surface area contributed by atoms with Gasteiger partial charge in [-0.1, -0.05) is 6.07 Å². The van der Waals surface area contributed by atoms with Crippen molar-refractivity contribution in [2.24, 2.45) is 0 Å². The number of carboxylic acid groups (broad SMARTS) is 3. The second kappa shape index (κ2) is 17.6. The lowest BCUT2D eigenvalue weighted by Gasteiger charge is -2.38. The summed E-state index contributed by atoms with van der Waals surface area (Å²) in [6.07, 6.45) is -4.48. The van der Waals surface area contributed by atoms with E-state index in [-0.39, 0.29) is 11.7 Å². The molecular weight excluding hydrogens is 653 g/mol. The zero-order chi connectivity index (χ0) is 35.2. The number of pyridine rings is 2. The molecule has 2 aromatic rings. The first-order valence-corrected chi connectivity index (χ1v) is 12.8. The third-order valence-corrected chi connectivity index (χ3v) is 6.03. The molecule has 2 fully saturated rings. The van der Waals surface area contributed by atoms with E-state index >= 15 is 0 Å². The highest BCUT2D eigenvalue weighted by molar-refractivity contribution is 5.73. The van der Waals surface area contributed by atoms with Gasteiger partial charge in [-0.25, -0.2) is 14.4 Å². The van der Waals surface area contributed by atoms with Crippen LogP contribution in [-0.2, 0) is 37.0 Å². The summed E-state index contributed by atoms with van der Waals surface area (Å²) in [5.41, 5.74) is 2.47. The molecule has 0 aliphatic carbocycles. The van der Waals surface area contributed by atoms with Crippen LogP contribution >= 0.6 is 0 Å². The largest absolute Gasteiger partial charge is 0.490 e. The van der Waals surface area contributed by atoms with E-state index in [4.69, 9.17) is 39.2 Å². The summed E-state index contributed by atoms with van der Waals surface area (Å²) in [7, 11) is 0. The van der Waals surface area contributed by atoms with Crippen LogP contribution in [0.5, 0.6) is 0 Å². The van der Waals surface area contributed by atoms with Gasteiger partial charge in [0.15, 0.2) is 0 Å². The molecular formula is C26H28F9N3O8. The topological polar surface area (TPSA) is 159 Å². The lowest BCUT2D eigenvalue weighted by Crippen LogP contribution is -2.43. The summed E-state index contributed by atoms with van der Waals surface area (Å²) in [4.78, 5) is 37.4. The fourth-order valence-corrected chi connectivity index (χ4v) is 3.82. The minimum atomic E-state index is -5.08. The monoisotopic (exact) mass is 681 g/mol. The number of aliphatic carboxylic acids is 3. The summed E-state index contributed by atoms with van der Waals surface area (Å²) in [5, 5.41) is 21.4. The van der Waals surface area contributed by atoms with Gasteiger partial charge in [-0.15, -0.1) is 0 Å². The Labute approximate surface area is 254 Å². The Balaban J connectivity index is 0.000000413. The van der Waals surface area contributed by atoms with E-state index in [9.17, 15) is 39.5 Å². The molecule has 1 spiro atoms. The highest BCUT2D eigenvalue weighted by Gasteiger charge is 2.43. The highest BCUT2D eigenvalue weighted by Crippen LogP contribution is 2.37. The van der Waals surface area contributed by atoms with E-state index in [1.54, 1.807) is 6.20 Å². The molecule has 2 aliphatic heterocycles. The van der Waals surface area contributed by atoms with E-state index in [1.807, 2.05) is 24.7 Å². The number of carbonyl (C=O) groups is 3. The zero-order valence-corrected chi connectivity index (χ0v) is 23.5. The molecule has 0 radical (unpaired) electrons. The number of halogens is 9. The molecule has 0 amide bonds. The maximum absolute atomic E-state index is 10.6. The number of carboxylic acids is 3. The Morgan fingerprint density at radius 1 is 0.804 bits per heavy atom. The third kappa shape index (κ3) is 15.8. The average molecular weight is 682 g/mol. The van der Waals surface area contributed by atoms with E-state index in [0.29, 0.717) is 13.2 Å². The fraction of sp³-hybridized carbons (Fsp3) is 0.500. The van der Waals surface area contributed by atoms with Crippen molar-refractivity contribution < 1.29 is 78.7 Å². The molecule has 0 aromatic carbocycles. The summed E-state index contributed by atoms with van der Waals surface area (Å²) in [6, 6.07) is 8.19. The van der Waals surface area contributed by atoms with Crippen LogP contribution in [0.2, 0.25) is 0 Å². The van der Waals surface area contributed by atoms with Crippen LogP contribution in [0.15, 0.2) is 49.1 Å². The molecule has 11 nitrogen and oxygen atoms in total. The summed E-state index contributed by atoms with van der Waals surface area (Å²) < 4.78 is 107. The number of hydrogen-bond donors (Lipinski definition) is 3. The van der Waals surface area contributed by atoms with Crippen molar-refractivity contribution in [1.82, 2.24) is 14.9 Å². The third-order valence-electron chi connectivity index (χ3n) is 6.03. The summed E-state index contributed by atoms with van der Waals surface area (Å²) in [5.74, 6) is -8.27. The molecule has 2 aromatic heterocycles. The zero-order valence-electron chi connectivity index (χ0n) is 23.5. The number of piperidine rings is 1. The van der Waals surface area contributed by atoms with Crippen molar-refractivity contribution in [2.45, 2.75) is 62.6 Å². The standard InChI is InChI=1S/C20H25N3O2.3C2HF3O2/c1-2-18(13-22-7-1)15-24-19-12-20(25-16-19)5-10-23(11-6-20)14-17-3-8-21-9-4-17;3*3-2(4,5)1(6)7/h1-4,7-9,13,19H,5-6,10-12,14-16H2;3*(H,6,7). The van der Waals surface area contributed by atoms with Crippen LogP contribution in [0.4, 0.5) is 39.5 Å². The Kier molecular flexibility index (Phi) is 15.3. The SMILES string of the molecule is O=C(O)C(F)(F)F.O=C(O)C(F)(F)F.O=C(O)C(F)(F)F.c1cncc(COC2COC3(CCN(Cc4ccncc4)CC3)C2)c1. The molecule has 2 aliphatic rings. The van der Waals surface area contributed by atoms with Crippen molar-refractivity contribution in [1.29, 1.82) is 0 Å². The maximum atomic E-state index is 10.6. The molecule has 0 saturated carbocycles. The van der Waals surface area contributed by atoms with Crippen LogP contribution < -0.4 is 0 Å². The molecule has 2 saturated heterocycles. The van der Waals surface area contributed by atoms with Gasteiger partial charge in [0.25, 0.3) is 0 Å². The molecule has 4 rings (SSSR count). The Bertz CT molecular complexity index is 1170. The number of hydrogen-bond acceptors (Lipinski definition) is 8. The molecule has 1 unspecified atom stereocenters. The Hall–Kier alpha value is -4.04. The van der Waals surface area contributed by atoms with Crippen molar-refractivity contribution in [2.75, 3.05) is 19.7 Å². The predicted octanol–water partition coefficient (Wildman–Crippen LogP) is 4.72. The van der Waals surface area contributed by atoms with E-state index in [1.165, 1.54) is 5.56 Å². The number of likely N-dealkylation sites (tertiary alicyclic amines) is 1. The molecule has 46 heavy (non-hydrogen) atoms. The van der Waals surface area contributed by atoms with Crippen LogP contribution in [-0.4, -0.2) is 98.0 Å². The van der Waals surface area contributed by atoms with E-state index in [2.05, 4.69) is 33.1 Å². The van der Waals surface area contributed by atoms with Gasteiger partial charge in [0, 0.05) is 50.8 Å². The van der Waals surface area contributed by atoms with Gasteiger partial charge < -0.3 is 24.8 Å². The first-order chi connectivity index (χ1) is 21.1. The number of nitrogens with zero attached hydrogens (tertiary/aromatic N) is 3. The normalized spacial score (nSPS) is 17.7. The smallest absolute Gasteiger partial charge is 0.475 e. The maximum Gasteiger partial charge on any atom is 0.490 e. The van der Waals surface area contributed by atoms with Crippen molar-refractivity contribution in [3.05, 3.63) is 60.2 Å². The quantitative estimate of drug-likeness (QED) is 0.375. The van der Waals surface area contributed by atoms with Crippen molar-refractivity contribution in [3.8, 4) is 0 Å². The van der Waals surface area contributed by atoms with E-state index < -0.39 is 36.4 Å². The minimum Gasteiger partial charge on any atom is -0.475 e. The van der Waals surface area contributed by atoms with Gasteiger partial charge in [0.05, 0.1) is 24.9 Å². The minimum absolute atomic E-state index is 0.0222. The van der Waals surface area contributed by atoms with Gasteiger partial charge in [0.1, 0.15) is 0 Å². The highest BCUT2D eigenvalue weighted by atomic mass is 19.4. The second-order valence-electron chi connectivity index (χ2n) is 9.53. The first kappa shape index (κ1) is 40.0.